The number of hydrogen-bond donors (Lipinski definition) is 1. The van der Waals surface area contributed by atoms with Crippen LogP contribution in [0.3, 0.4) is 0 Å². The number of carbonyl (C=O) groups excluding carboxylic acids is 1. The highest BCUT2D eigenvalue weighted by atomic mass is 79.9. The highest BCUT2D eigenvalue weighted by Crippen LogP contribution is 2.24. The lowest BCUT2D eigenvalue weighted by atomic mass is 10.2. The molecular weight excluding hydrogens is 423 g/mol. The Morgan fingerprint density at radius 3 is 2.46 bits per heavy atom. The highest BCUT2D eigenvalue weighted by molar-refractivity contribution is 9.10. The van der Waals surface area contributed by atoms with Crippen molar-refractivity contribution in [2.75, 3.05) is 36.4 Å². The Morgan fingerprint density at radius 1 is 1.18 bits per heavy atom. The van der Waals surface area contributed by atoms with Gasteiger partial charge in [0.05, 0.1) is 5.69 Å². The lowest BCUT2D eigenvalue weighted by Gasteiger charge is -2.36. The molecule has 1 N–H and O–H groups in total. The summed E-state index contributed by atoms with van der Waals surface area (Å²) in [6.45, 7) is 4.26. The number of hydrogen-bond acceptors (Lipinski definition) is 4. The zero-order chi connectivity index (χ0) is 20.1. The molecule has 0 spiro atoms. The quantitative estimate of drug-likeness (QED) is 0.572. The number of benzene rings is 2. The number of piperazine rings is 1. The van der Waals surface area contributed by atoms with E-state index in [0.717, 1.165) is 21.4 Å². The first-order valence-corrected chi connectivity index (χ1v) is 9.70. The molecule has 28 heavy (non-hydrogen) atoms. The first-order valence-electron chi connectivity index (χ1n) is 8.90. The molecule has 1 aliphatic rings. The fraction of sp³-hybridized carbons (Fsp3) is 0.238. The number of amides is 1. The van der Waals surface area contributed by atoms with Crippen LogP contribution in [-0.2, 0) is 4.79 Å². The monoisotopic (exact) mass is 442 g/mol. The average molecular weight is 443 g/mol. The van der Waals surface area contributed by atoms with Crippen LogP contribution in [0, 0.1) is 24.1 Å². The van der Waals surface area contributed by atoms with Crippen LogP contribution in [0.15, 0.2) is 58.7 Å². The SMILES string of the molecule is Cc1ccc(N/C=C(/C#N)C(=O)N2CCN(c3ccc(F)cc3)CC2)c(Br)c1. The molecule has 0 bridgehead atoms. The van der Waals surface area contributed by atoms with Crippen LogP contribution in [-0.4, -0.2) is 37.0 Å². The van der Waals surface area contributed by atoms with Gasteiger partial charge in [-0.15, -0.1) is 0 Å². The summed E-state index contributed by atoms with van der Waals surface area (Å²) in [6.07, 6.45) is 1.45. The van der Waals surface area contributed by atoms with E-state index < -0.39 is 0 Å². The van der Waals surface area contributed by atoms with Crippen LogP contribution in [0.25, 0.3) is 0 Å². The normalized spacial score (nSPS) is 14.6. The lowest BCUT2D eigenvalue weighted by Crippen LogP contribution is -2.49. The Hall–Kier alpha value is -2.85. The van der Waals surface area contributed by atoms with Gasteiger partial charge in [0.1, 0.15) is 17.5 Å². The minimum Gasteiger partial charge on any atom is -0.368 e. The maximum absolute atomic E-state index is 13.1. The number of aryl methyl sites for hydroxylation is 1. The van der Waals surface area contributed by atoms with Gasteiger partial charge in [0.25, 0.3) is 5.91 Å². The Kier molecular flexibility index (Phi) is 6.32. The molecule has 0 unspecified atom stereocenters. The van der Waals surface area contributed by atoms with Gasteiger partial charge in [-0.2, -0.15) is 5.26 Å². The molecule has 7 heteroatoms. The van der Waals surface area contributed by atoms with Gasteiger partial charge in [0, 0.05) is 42.5 Å². The number of halogens is 2. The average Bonchev–Trinajstić information content (AvgIpc) is 2.70. The smallest absolute Gasteiger partial charge is 0.266 e. The standard InChI is InChI=1S/C21H20BrFN4O/c1-15-2-7-20(19(22)12-15)25-14-16(13-24)21(28)27-10-8-26(9-11-27)18-5-3-17(23)4-6-18/h2-7,12,14,25H,8-11H2,1H3/b16-14-. The molecule has 2 aromatic rings. The van der Waals surface area contributed by atoms with Crippen molar-refractivity contribution >= 4 is 33.2 Å². The first-order chi connectivity index (χ1) is 13.5. The Morgan fingerprint density at radius 2 is 1.86 bits per heavy atom. The van der Waals surface area contributed by atoms with Crippen molar-refractivity contribution in [2.45, 2.75) is 6.92 Å². The summed E-state index contributed by atoms with van der Waals surface area (Å²) < 4.78 is 13.9. The Labute approximate surface area is 172 Å². The summed E-state index contributed by atoms with van der Waals surface area (Å²) in [7, 11) is 0. The molecule has 0 radical (unpaired) electrons. The van der Waals surface area contributed by atoms with E-state index in [1.54, 1.807) is 17.0 Å². The second-order valence-corrected chi connectivity index (χ2v) is 7.41. The largest absolute Gasteiger partial charge is 0.368 e. The molecular formula is C21H20BrFN4O. The van der Waals surface area contributed by atoms with Crippen molar-refractivity contribution < 1.29 is 9.18 Å². The fourth-order valence-electron chi connectivity index (χ4n) is 3.02. The van der Waals surface area contributed by atoms with E-state index in [9.17, 15) is 14.4 Å². The molecule has 3 rings (SSSR count). The second-order valence-electron chi connectivity index (χ2n) is 6.55. The maximum Gasteiger partial charge on any atom is 0.266 e. The Balaban J connectivity index is 1.62. The van der Waals surface area contributed by atoms with Crippen LogP contribution in [0.5, 0.6) is 0 Å². The third-order valence-electron chi connectivity index (χ3n) is 4.61. The van der Waals surface area contributed by atoms with E-state index in [0.29, 0.717) is 26.2 Å². The number of carbonyl (C=O) groups is 1. The minimum absolute atomic E-state index is 0.0581. The zero-order valence-electron chi connectivity index (χ0n) is 15.5. The van der Waals surface area contributed by atoms with E-state index >= 15 is 0 Å². The van der Waals surface area contributed by atoms with Crippen molar-refractivity contribution in [1.82, 2.24) is 4.90 Å². The number of anilines is 2. The topological polar surface area (TPSA) is 59.4 Å². The van der Waals surface area contributed by atoms with Crippen LogP contribution in [0.2, 0.25) is 0 Å². The van der Waals surface area contributed by atoms with Crippen LogP contribution < -0.4 is 10.2 Å². The summed E-state index contributed by atoms with van der Waals surface area (Å²) in [4.78, 5) is 16.5. The molecule has 144 valence electrons. The van der Waals surface area contributed by atoms with E-state index in [1.165, 1.54) is 18.3 Å². The molecule has 1 heterocycles. The van der Waals surface area contributed by atoms with Gasteiger partial charge in [-0.3, -0.25) is 4.79 Å². The summed E-state index contributed by atoms with van der Waals surface area (Å²) in [5.41, 5.74) is 2.88. The lowest BCUT2D eigenvalue weighted by molar-refractivity contribution is -0.127. The van der Waals surface area contributed by atoms with Crippen LogP contribution >= 0.6 is 15.9 Å². The molecule has 1 fully saturated rings. The summed E-state index contributed by atoms with van der Waals surface area (Å²) in [6, 6.07) is 14.1. The molecule has 0 atom stereocenters. The predicted molar refractivity (Wildman–Crippen MR) is 111 cm³/mol. The molecule has 2 aromatic carbocycles. The Bertz CT molecular complexity index is 928. The molecule has 0 aromatic heterocycles. The van der Waals surface area contributed by atoms with Crippen molar-refractivity contribution in [2.24, 2.45) is 0 Å². The third kappa shape index (κ3) is 4.70. The minimum atomic E-state index is -0.294. The van der Waals surface area contributed by atoms with Crippen molar-refractivity contribution in [3.05, 3.63) is 70.1 Å². The van der Waals surface area contributed by atoms with E-state index in [-0.39, 0.29) is 17.3 Å². The van der Waals surface area contributed by atoms with E-state index in [1.807, 2.05) is 31.2 Å². The van der Waals surface area contributed by atoms with Crippen molar-refractivity contribution in [3.8, 4) is 6.07 Å². The molecule has 1 amide bonds. The number of nitrogens with one attached hydrogen (secondary N) is 1. The van der Waals surface area contributed by atoms with E-state index in [4.69, 9.17) is 0 Å². The van der Waals surface area contributed by atoms with Gasteiger partial charge in [0.15, 0.2) is 0 Å². The van der Waals surface area contributed by atoms with Crippen LogP contribution in [0.1, 0.15) is 5.56 Å². The van der Waals surface area contributed by atoms with Crippen molar-refractivity contribution in [1.29, 1.82) is 5.26 Å². The van der Waals surface area contributed by atoms with Crippen molar-refractivity contribution in [3.63, 3.8) is 0 Å². The number of rotatable bonds is 4. The zero-order valence-corrected chi connectivity index (χ0v) is 17.0. The molecule has 1 aliphatic heterocycles. The molecule has 1 saturated heterocycles. The van der Waals surface area contributed by atoms with Crippen LogP contribution in [0.4, 0.5) is 15.8 Å². The second kappa shape index (κ2) is 8.89. The predicted octanol–water partition coefficient (Wildman–Crippen LogP) is 4.06. The fourth-order valence-corrected chi connectivity index (χ4v) is 3.63. The summed E-state index contributed by atoms with van der Waals surface area (Å²) in [5.74, 6) is -0.564. The van der Waals surface area contributed by atoms with Gasteiger partial charge in [-0.25, -0.2) is 4.39 Å². The van der Waals surface area contributed by atoms with Gasteiger partial charge in [-0.1, -0.05) is 6.07 Å². The highest BCUT2D eigenvalue weighted by Gasteiger charge is 2.24. The number of nitrogens with zero attached hydrogens (tertiary/aromatic N) is 3. The van der Waals surface area contributed by atoms with Gasteiger partial charge in [0.2, 0.25) is 0 Å². The van der Waals surface area contributed by atoms with E-state index in [2.05, 4.69) is 26.1 Å². The maximum atomic E-state index is 13.1. The molecule has 0 aliphatic carbocycles. The third-order valence-corrected chi connectivity index (χ3v) is 5.26. The summed E-state index contributed by atoms with van der Waals surface area (Å²) >= 11 is 3.47. The van der Waals surface area contributed by atoms with Gasteiger partial charge < -0.3 is 15.1 Å². The molecule has 0 saturated carbocycles. The van der Waals surface area contributed by atoms with Gasteiger partial charge in [-0.05, 0) is 64.8 Å². The first kappa shape index (κ1) is 19.9. The van der Waals surface area contributed by atoms with Gasteiger partial charge >= 0.3 is 0 Å². The molecule has 5 nitrogen and oxygen atoms in total. The number of nitriles is 1. The summed E-state index contributed by atoms with van der Waals surface area (Å²) in [5, 5.41) is 12.4.